The number of hydrogen-bond acceptors (Lipinski definition) is 7. The van der Waals surface area contributed by atoms with Crippen LogP contribution in [0.15, 0.2) is 52.2 Å². The lowest BCUT2D eigenvalue weighted by atomic mass is 10.00. The van der Waals surface area contributed by atoms with Crippen LogP contribution >= 0.6 is 0 Å². The zero-order valence-corrected chi connectivity index (χ0v) is 25.3. The fourth-order valence-electron chi connectivity index (χ4n) is 5.43. The number of rotatable bonds is 11. The molecule has 4 aromatic rings. The number of sulfonamides is 1. The smallest absolute Gasteiger partial charge is 0.277 e. The Hall–Kier alpha value is -3.86. The molecule has 0 radical (unpaired) electrons. The van der Waals surface area contributed by atoms with Gasteiger partial charge in [0.15, 0.2) is 11.3 Å². The number of ether oxygens (including phenoxy) is 2. The zero-order valence-electron chi connectivity index (χ0n) is 24.5. The van der Waals surface area contributed by atoms with Crippen LogP contribution in [0.3, 0.4) is 0 Å². The summed E-state index contributed by atoms with van der Waals surface area (Å²) in [5.74, 6) is 2.30. The highest BCUT2D eigenvalue weighted by atomic mass is 32.2. The molecule has 2 aromatic heterocycles. The predicted octanol–water partition coefficient (Wildman–Crippen LogP) is 6.21. The van der Waals surface area contributed by atoms with Gasteiger partial charge in [0.25, 0.3) is 15.6 Å². The lowest BCUT2D eigenvalue weighted by Gasteiger charge is -2.15. The van der Waals surface area contributed by atoms with Crippen molar-refractivity contribution < 1.29 is 17.9 Å². The molecule has 0 aliphatic heterocycles. The minimum Gasteiger partial charge on any atom is -0.494 e. The van der Waals surface area contributed by atoms with Gasteiger partial charge >= 0.3 is 0 Å². The number of aromatic nitrogens is 4. The highest BCUT2D eigenvalue weighted by molar-refractivity contribution is 7.92. The molecule has 5 rings (SSSR count). The van der Waals surface area contributed by atoms with E-state index in [0.717, 1.165) is 44.3 Å². The van der Waals surface area contributed by atoms with Crippen molar-refractivity contribution in [2.75, 3.05) is 17.9 Å². The first-order valence-electron chi connectivity index (χ1n) is 14.8. The van der Waals surface area contributed by atoms with E-state index in [1.165, 1.54) is 25.0 Å². The Morgan fingerprint density at radius 1 is 1.02 bits per heavy atom. The average molecular weight is 594 g/mol. The minimum absolute atomic E-state index is 0.0118. The monoisotopic (exact) mass is 593 g/mol. The van der Waals surface area contributed by atoms with Gasteiger partial charge in [-0.25, -0.2) is 17.9 Å². The van der Waals surface area contributed by atoms with Crippen LogP contribution in [0, 0.1) is 6.92 Å². The van der Waals surface area contributed by atoms with E-state index in [2.05, 4.69) is 16.6 Å². The van der Waals surface area contributed by atoms with Crippen LogP contribution in [-0.4, -0.2) is 41.2 Å². The molecular formula is C31H39N5O5S. The van der Waals surface area contributed by atoms with Crippen LogP contribution in [0.4, 0.5) is 5.69 Å². The summed E-state index contributed by atoms with van der Waals surface area (Å²) in [7, 11) is -3.97. The SMILES string of the molecule is CCCCOc1ccc(NS(=O)(=O)c2ccc(OCC)c(-c3nn4c(C5CCCCCC5)nc(C)c4c(=O)[nH]3)c2)cc1. The van der Waals surface area contributed by atoms with Gasteiger partial charge in [-0.15, -0.1) is 5.10 Å². The van der Waals surface area contributed by atoms with E-state index < -0.39 is 10.0 Å². The number of aromatic amines is 1. The molecule has 0 amide bonds. The van der Waals surface area contributed by atoms with Gasteiger partial charge in [-0.1, -0.05) is 39.0 Å². The molecule has 0 spiro atoms. The number of H-pyrrole nitrogens is 1. The molecule has 1 saturated carbocycles. The van der Waals surface area contributed by atoms with Crippen molar-refractivity contribution in [2.24, 2.45) is 0 Å². The molecule has 0 bridgehead atoms. The molecule has 1 aliphatic rings. The Bertz CT molecular complexity index is 1690. The molecule has 2 N–H and O–H groups in total. The minimum atomic E-state index is -3.97. The molecule has 2 heterocycles. The van der Waals surface area contributed by atoms with Gasteiger partial charge in [0.2, 0.25) is 0 Å². The van der Waals surface area contributed by atoms with Gasteiger partial charge in [0, 0.05) is 11.6 Å². The molecule has 42 heavy (non-hydrogen) atoms. The Kier molecular flexibility index (Phi) is 9.15. The molecule has 0 unspecified atom stereocenters. The first kappa shape index (κ1) is 29.6. The molecule has 0 saturated heterocycles. The van der Waals surface area contributed by atoms with Gasteiger partial charge in [-0.3, -0.25) is 9.52 Å². The van der Waals surface area contributed by atoms with Gasteiger partial charge in [-0.2, -0.15) is 0 Å². The fraction of sp³-hybridized carbons (Fsp3) is 0.452. The molecule has 10 nitrogen and oxygen atoms in total. The number of nitrogens with zero attached hydrogens (tertiary/aromatic N) is 3. The Morgan fingerprint density at radius 2 is 1.76 bits per heavy atom. The van der Waals surface area contributed by atoms with Crippen LogP contribution in [0.1, 0.15) is 82.7 Å². The number of unbranched alkanes of at least 4 members (excludes halogenated alkanes) is 1. The van der Waals surface area contributed by atoms with E-state index in [1.807, 2.05) is 13.8 Å². The van der Waals surface area contributed by atoms with Crippen LogP contribution in [-0.2, 0) is 10.0 Å². The third-order valence-corrected chi connectivity index (χ3v) is 8.99. The Morgan fingerprint density at radius 3 is 2.45 bits per heavy atom. The maximum Gasteiger partial charge on any atom is 0.277 e. The number of aryl methyl sites for hydroxylation is 1. The van der Waals surface area contributed by atoms with Crippen LogP contribution < -0.4 is 19.8 Å². The van der Waals surface area contributed by atoms with Crippen molar-refractivity contribution >= 4 is 21.2 Å². The van der Waals surface area contributed by atoms with Crippen LogP contribution in [0.25, 0.3) is 16.9 Å². The normalized spacial score (nSPS) is 14.5. The van der Waals surface area contributed by atoms with E-state index >= 15 is 0 Å². The zero-order chi connectivity index (χ0) is 29.7. The molecule has 1 aliphatic carbocycles. The van der Waals surface area contributed by atoms with Crippen molar-refractivity contribution in [3.8, 4) is 22.9 Å². The van der Waals surface area contributed by atoms with Gasteiger partial charge < -0.3 is 14.5 Å². The van der Waals surface area contributed by atoms with Crippen molar-refractivity contribution in [3.63, 3.8) is 0 Å². The summed E-state index contributed by atoms with van der Waals surface area (Å²) in [6.45, 7) is 6.72. The highest BCUT2D eigenvalue weighted by Crippen LogP contribution is 2.34. The number of anilines is 1. The average Bonchev–Trinajstić information content (AvgIpc) is 3.12. The summed E-state index contributed by atoms with van der Waals surface area (Å²) in [6.07, 6.45) is 8.60. The van der Waals surface area contributed by atoms with Crippen LogP contribution in [0.5, 0.6) is 11.5 Å². The van der Waals surface area contributed by atoms with Gasteiger partial charge in [0.1, 0.15) is 17.3 Å². The van der Waals surface area contributed by atoms with Crippen molar-refractivity contribution in [2.45, 2.75) is 83.0 Å². The predicted molar refractivity (Wildman–Crippen MR) is 163 cm³/mol. The molecule has 0 atom stereocenters. The van der Waals surface area contributed by atoms with E-state index in [1.54, 1.807) is 34.8 Å². The molecule has 224 valence electrons. The third-order valence-electron chi connectivity index (χ3n) is 7.61. The van der Waals surface area contributed by atoms with Gasteiger partial charge in [0.05, 0.1) is 29.4 Å². The summed E-state index contributed by atoms with van der Waals surface area (Å²) in [4.78, 5) is 21.0. The molecule has 1 fully saturated rings. The highest BCUT2D eigenvalue weighted by Gasteiger charge is 2.25. The van der Waals surface area contributed by atoms with Crippen molar-refractivity contribution in [1.82, 2.24) is 19.6 Å². The van der Waals surface area contributed by atoms with Crippen molar-refractivity contribution in [1.29, 1.82) is 0 Å². The number of nitrogens with one attached hydrogen (secondary N) is 2. The van der Waals surface area contributed by atoms with E-state index in [0.29, 0.717) is 47.2 Å². The number of imidazole rings is 1. The molecule has 11 heteroatoms. The standard InChI is InChI=1S/C31H39N5O5S/c1-4-6-19-41-24-15-13-23(14-16-24)35-42(38,39)25-17-18-27(40-5-2)26(20-25)29-33-31(37)28-21(3)32-30(36(28)34-29)22-11-9-7-8-10-12-22/h13-18,20,22,35H,4-12,19H2,1-3H3,(H,33,34,37). The first-order valence-corrected chi connectivity index (χ1v) is 16.3. The number of fused-ring (bicyclic) bond motifs is 1. The van der Waals surface area contributed by atoms with E-state index in [4.69, 9.17) is 19.6 Å². The Balaban J connectivity index is 1.51. The van der Waals surface area contributed by atoms with E-state index in [-0.39, 0.29) is 22.2 Å². The number of benzene rings is 2. The van der Waals surface area contributed by atoms with Crippen LogP contribution in [0.2, 0.25) is 0 Å². The molecule has 2 aromatic carbocycles. The first-order chi connectivity index (χ1) is 20.3. The maximum absolute atomic E-state index is 13.4. The maximum atomic E-state index is 13.4. The van der Waals surface area contributed by atoms with E-state index in [9.17, 15) is 13.2 Å². The lowest BCUT2D eigenvalue weighted by Crippen LogP contribution is -2.17. The second-order valence-corrected chi connectivity index (χ2v) is 12.4. The summed E-state index contributed by atoms with van der Waals surface area (Å²) < 4.78 is 42.7. The summed E-state index contributed by atoms with van der Waals surface area (Å²) in [6, 6.07) is 11.4. The summed E-state index contributed by atoms with van der Waals surface area (Å²) in [5, 5.41) is 4.81. The largest absolute Gasteiger partial charge is 0.494 e. The fourth-order valence-corrected chi connectivity index (χ4v) is 6.51. The Labute approximate surface area is 246 Å². The van der Waals surface area contributed by atoms with Gasteiger partial charge in [-0.05, 0) is 75.6 Å². The van der Waals surface area contributed by atoms with Crippen molar-refractivity contribution in [3.05, 3.63) is 64.3 Å². The third kappa shape index (κ3) is 6.46. The summed E-state index contributed by atoms with van der Waals surface area (Å²) >= 11 is 0. The second kappa shape index (κ2) is 13.0. The second-order valence-electron chi connectivity index (χ2n) is 10.7. The summed E-state index contributed by atoms with van der Waals surface area (Å²) in [5.41, 5.74) is 1.48. The quantitative estimate of drug-likeness (QED) is 0.156. The number of hydrogen-bond donors (Lipinski definition) is 2. The molecular weight excluding hydrogens is 554 g/mol. The lowest BCUT2D eigenvalue weighted by molar-refractivity contribution is 0.309. The topological polar surface area (TPSA) is 128 Å².